The van der Waals surface area contributed by atoms with E-state index >= 15 is 0 Å². The molecule has 0 aromatic heterocycles. The van der Waals surface area contributed by atoms with E-state index in [9.17, 15) is 9.90 Å². The van der Waals surface area contributed by atoms with Crippen LogP contribution in [0.1, 0.15) is 19.4 Å². The fourth-order valence-electron chi connectivity index (χ4n) is 2.58. The number of amides is 1. The van der Waals surface area contributed by atoms with Crippen molar-refractivity contribution in [3.05, 3.63) is 65.9 Å². The van der Waals surface area contributed by atoms with E-state index in [-0.39, 0.29) is 11.7 Å². The summed E-state index contributed by atoms with van der Waals surface area (Å²) in [6.07, 6.45) is 0. The summed E-state index contributed by atoms with van der Waals surface area (Å²) in [6, 6.07) is 17.6. The molecule has 0 aliphatic carbocycles. The predicted molar refractivity (Wildman–Crippen MR) is 83.6 cm³/mol. The largest absolute Gasteiger partial charge is 0.509 e. The fourth-order valence-corrected chi connectivity index (χ4v) is 2.58. The third-order valence-electron chi connectivity index (χ3n) is 3.74. The van der Waals surface area contributed by atoms with Gasteiger partial charge in [0.15, 0.2) is 0 Å². The molecule has 1 amide bonds. The van der Waals surface area contributed by atoms with Crippen molar-refractivity contribution in [2.45, 2.75) is 19.4 Å². The zero-order valence-corrected chi connectivity index (χ0v) is 12.1. The molecule has 3 rings (SSSR count). The number of nitrogens with one attached hydrogen (secondary N) is 1. The molecule has 0 saturated heterocycles. The third kappa shape index (κ3) is 2.31. The van der Waals surface area contributed by atoms with Gasteiger partial charge in [0, 0.05) is 0 Å². The number of aliphatic hydroxyl groups is 1. The van der Waals surface area contributed by atoms with Crippen LogP contribution in [-0.2, 0) is 4.79 Å². The highest BCUT2D eigenvalue weighted by molar-refractivity contribution is 6.23. The van der Waals surface area contributed by atoms with Crippen LogP contribution in [0.15, 0.2) is 60.4 Å². The summed E-state index contributed by atoms with van der Waals surface area (Å²) >= 11 is 0. The number of benzene rings is 2. The van der Waals surface area contributed by atoms with Crippen molar-refractivity contribution in [1.82, 2.24) is 5.32 Å². The Morgan fingerprint density at radius 3 is 2.14 bits per heavy atom. The fraction of sp³-hybridized carbons (Fsp3) is 0.167. The molecule has 0 bridgehead atoms. The van der Waals surface area contributed by atoms with Crippen LogP contribution in [0.4, 0.5) is 0 Å². The van der Waals surface area contributed by atoms with Crippen molar-refractivity contribution < 1.29 is 9.90 Å². The number of hydrogen-bond acceptors (Lipinski definition) is 2. The summed E-state index contributed by atoms with van der Waals surface area (Å²) in [5.41, 5.74) is 2.48. The van der Waals surface area contributed by atoms with Gasteiger partial charge in [0.2, 0.25) is 0 Å². The molecule has 2 N–H and O–H groups in total. The Morgan fingerprint density at radius 1 is 0.905 bits per heavy atom. The Kier molecular flexibility index (Phi) is 3.05. The van der Waals surface area contributed by atoms with E-state index in [2.05, 4.69) is 5.32 Å². The Bertz CT molecular complexity index is 730. The van der Waals surface area contributed by atoms with Crippen LogP contribution in [-0.4, -0.2) is 16.6 Å². The Hall–Kier alpha value is -2.55. The maximum absolute atomic E-state index is 12.1. The molecule has 0 fully saturated rings. The van der Waals surface area contributed by atoms with Gasteiger partial charge in [0.25, 0.3) is 5.91 Å². The molecule has 0 saturated carbocycles. The van der Waals surface area contributed by atoms with Gasteiger partial charge in [-0.2, -0.15) is 0 Å². The van der Waals surface area contributed by atoms with E-state index < -0.39 is 5.54 Å². The molecule has 1 aliphatic rings. The lowest BCUT2D eigenvalue weighted by Gasteiger charge is -2.17. The van der Waals surface area contributed by atoms with Gasteiger partial charge in [0.05, 0.1) is 11.1 Å². The van der Waals surface area contributed by atoms with Crippen molar-refractivity contribution >= 4 is 11.5 Å². The maximum Gasteiger partial charge on any atom is 0.256 e. The van der Waals surface area contributed by atoms with Gasteiger partial charge in [-0.05, 0) is 36.6 Å². The SMILES string of the molecule is CC1(C)NC(=O)C(c2cccc(-c3ccccc3)c2)=C1O. The van der Waals surface area contributed by atoms with Crippen LogP contribution < -0.4 is 5.32 Å². The first-order valence-corrected chi connectivity index (χ1v) is 6.91. The van der Waals surface area contributed by atoms with E-state index in [0.29, 0.717) is 5.57 Å². The molecule has 106 valence electrons. The molecule has 1 heterocycles. The van der Waals surface area contributed by atoms with E-state index in [4.69, 9.17) is 0 Å². The summed E-state index contributed by atoms with van der Waals surface area (Å²) in [7, 11) is 0. The summed E-state index contributed by atoms with van der Waals surface area (Å²) in [6.45, 7) is 3.57. The molecule has 0 unspecified atom stereocenters. The molecule has 1 aliphatic heterocycles. The quantitative estimate of drug-likeness (QED) is 0.883. The first-order chi connectivity index (χ1) is 9.99. The number of aliphatic hydroxyl groups excluding tert-OH is 1. The first-order valence-electron chi connectivity index (χ1n) is 6.91. The maximum atomic E-state index is 12.1. The zero-order valence-electron chi connectivity index (χ0n) is 12.1. The molecule has 2 aromatic rings. The van der Waals surface area contributed by atoms with Gasteiger partial charge in [-0.3, -0.25) is 4.79 Å². The summed E-state index contributed by atoms with van der Waals surface area (Å²) in [5, 5.41) is 13.1. The monoisotopic (exact) mass is 279 g/mol. The third-order valence-corrected chi connectivity index (χ3v) is 3.74. The Morgan fingerprint density at radius 2 is 1.52 bits per heavy atom. The highest BCUT2D eigenvalue weighted by atomic mass is 16.3. The van der Waals surface area contributed by atoms with Gasteiger partial charge < -0.3 is 10.4 Å². The van der Waals surface area contributed by atoms with Crippen molar-refractivity contribution in [1.29, 1.82) is 0 Å². The second-order valence-electron chi connectivity index (χ2n) is 5.75. The lowest BCUT2D eigenvalue weighted by Crippen LogP contribution is -2.38. The van der Waals surface area contributed by atoms with Crippen LogP contribution in [0, 0.1) is 0 Å². The molecule has 0 atom stereocenters. The van der Waals surface area contributed by atoms with Crippen LogP contribution in [0.5, 0.6) is 0 Å². The van der Waals surface area contributed by atoms with Crippen LogP contribution in [0.25, 0.3) is 16.7 Å². The van der Waals surface area contributed by atoms with E-state index in [0.717, 1.165) is 16.7 Å². The molecular formula is C18H17NO2. The Balaban J connectivity index is 2.09. The second kappa shape index (κ2) is 4.77. The lowest BCUT2D eigenvalue weighted by molar-refractivity contribution is -0.115. The number of rotatable bonds is 2. The minimum atomic E-state index is -0.713. The highest BCUT2D eigenvalue weighted by Crippen LogP contribution is 2.32. The minimum Gasteiger partial charge on any atom is -0.509 e. The normalized spacial score (nSPS) is 17.0. The van der Waals surface area contributed by atoms with Crippen molar-refractivity contribution in [2.24, 2.45) is 0 Å². The van der Waals surface area contributed by atoms with Gasteiger partial charge >= 0.3 is 0 Å². The van der Waals surface area contributed by atoms with Crippen LogP contribution in [0.3, 0.4) is 0 Å². The molecule has 3 nitrogen and oxygen atoms in total. The predicted octanol–water partition coefficient (Wildman–Crippen LogP) is 3.53. The van der Waals surface area contributed by atoms with Gasteiger partial charge in [0.1, 0.15) is 5.76 Å². The van der Waals surface area contributed by atoms with Gasteiger partial charge in [-0.1, -0.05) is 48.5 Å². The summed E-state index contributed by atoms with van der Waals surface area (Å²) in [5.74, 6) is -0.138. The van der Waals surface area contributed by atoms with Gasteiger partial charge in [-0.25, -0.2) is 0 Å². The molecule has 0 spiro atoms. The smallest absolute Gasteiger partial charge is 0.256 e. The second-order valence-corrected chi connectivity index (χ2v) is 5.75. The van der Waals surface area contributed by atoms with E-state index in [1.807, 2.05) is 54.6 Å². The zero-order chi connectivity index (χ0) is 15.0. The number of carbonyl (C=O) groups is 1. The van der Waals surface area contributed by atoms with Crippen molar-refractivity contribution in [3.63, 3.8) is 0 Å². The lowest BCUT2D eigenvalue weighted by atomic mass is 9.96. The Labute approximate surface area is 123 Å². The number of carbonyl (C=O) groups excluding carboxylic acids is 1. The summed E-state index contributed by atoms with van der Waals surface area (Å²) in [4.78, 5) is 12.1. The van der Waals surface area contributed by atoms with Crippen molar-refractivity contribution in [3.8, 4) is 11.1 Å². The number of hydrogen-bond donors (Lipinski definition) is 2. The van der Waals surface area contributed by atoms with E-state index in [1.165, 1.54) is 0 Å². The average Bonchev–Trinajstić information content (AvgIpc) is 2.68. The van der Waals surface area contributed by atoms with Crippen LogP contribution >= 0.6 is 0 Å². The van der Waals surface area contributed by atoms with Gasteiger partial charge in [-0.15, -0.1) is 0 Å². The molecular weight excluding hydrogens is 262 g/mol. The van der Waals surface area contributed by atoms with Crippen LogP contribution in [0.2, 0.25) is 0 Å². The van der Waals surface area contributed by atoms with E-state index in [1.54, 1.807) is 13.8 Å². The standard InChI is InChI=1S/C18H17NO2/c1-18(2)16(20)15(17(21)19-18)14-10-6-9-13(11-14)12-7-4-3-5-8-12/h3-11,20H,1-2H3,(H,19,21). The first kappa shape index (κ1) is 13.4. The average molecular weight is 279 g/mol. The molecule has 0 radical (unpaired) electrons. The summed E-state index contributed by atoms with van der Waals surface area (Å²) < 4.78 is 0. The minimum absolute atomic E-state index is 0.0951. The highest BCUT2D eigenvalue weighted by Gasteiger charge is 2.38. The molecule has 2 aromatic carbocycles. The molecule has 3 heteroatoms. The topological polar surface area (TPSA) is 49.3 Å². The van der Waals surface area contributed by atoms with Crippen molar-refractivity contribution in [2.75, 3.05) is 0 Å². The molecule has 21 heavy (non-hydrogen) atoms.